The summed E-state index contributed by atoms with van der Waals surface area (Å²) >= 11 is 5.87. The van der Waals surface area contributed by atoms with Crippen LogP contribution >= 0.6 is 11.6 Å². The summed E-state index contributed by atoms with van der Waals surface area (Å²) < 4.78 is 31.0. The van der Waals surface area contributed by atoms with Crippen LogP contribution in [0.3, 0.4) is 0 Å². The largest absolute Gasteiger partial charge is 0.504 e. The highest BCUT2D eigenvalue weighted by Gasteiger charge is 2.70. The quantitative estimate of drug-likeness (QED) is 0.0879. The monoisotopic (exact) mass is 654 g/mol. The Balaban J connectivity index is 1.34. The first-order valence-electron chi connectivity index (χ1n) is 13.5. The van der Waals surface area contributed by atoms with Gasteiger partial charge in [0.05, 0.1) is 23.6 Å². The van der Waals surface area contributed by atoms with Crippen LogP contribution in [-0.2, 0) is 29.0 Å². The SMILES string of the molecule is C[C@]1(/C=N/NC(=O)CNC(=O)c2ccc(O)c(O)c2Cl)[C@H](C(=O)OC(c2ccccc2)c2ccccc2)N2C(=O)C[C@H]2S1(=O)=O. The number of hydrogen-bond acceptors (Lipinski definition) is 10. The van der Waals surface area contributed by atoms with Gasteiger partial charge in [0.1, 0.15) is 10.1 Å². The molecule has 0 unspecified atom stereocenters. The summed E-state index contributed by atoms with van der Waals surface area (Å²) in [7, 11) is -4.22. The molecule has 0 aromatic heterocycles. The van der Waals surface area contributed by atoms with Crippen molar-refractivity contribution in [3.05, 3.63) is 94.5 Å². The summed E-state index contributed by atoms with van der Waals surface area (Å²) in [4.78, 5) is 52.2. The van der Waals surface area contributed by atoms with E-state index in [0.29, 0.717) is 11.1 Å². The number of phenolic OH excluding ortho intramolecular Hbond substituents is 2. The lowest BCUT2D eigenvalue weighted by molar-refractivity contribution is -0.163. The molecule has 2 aliphatic rings. The molecule has 45 heavy (non-hydrogen) atoms. The molecular formula is C30H27ClN4O9S. The molecule has 3 atom stereocenters. The van der Waals surface area contributed by atoms with Gasteiger partial charge in [-0.15, -0.1) is 0 Å². The lowest BCUT2D eigenvalue weighted by Gasteiger charge is -2.36. The van der Waals surface area contributed by atoms with Gasteiger partial charge >= 0.3 is 5.97 Å². The van der Waals surface area contributed by atoms with Crippen LogP contribution in [0.15, 0.2) is 77.9 Å². The van der Waals surface area contributed by atoms with Gasteiger partial charge in [0, 0.05) is 6.21 Å². The second kappa shape index (κ2) is 12.2. The van der Waals surface area contributed by atoms with Crippen LogP contribution in [0.2, 0.25) is 5.02 Å². The summed E-state index contributed by atoms with van der Waals surface area (Å²) in [5, 5.41) is 23.5. The van der Waals surface area contributed by atoms with Crippen LogP contribution in [0.25, 0.3) is 0 Å². The number of nitrogens with zero attached hydrogens (tertiary/aromatic N) is 2. The zero-order valence-electron chi connectivity index (χ0n) is 23.6. The number of aromatic hydroxyl groups is 2. The average Bonchev–Trinajstić information content (AvgIpc) is 3.16. The van der Waals surface area contributed by atoms with E-state index in [4.69, 9.17) is 16.3 Å². The molecule has 5 rings (SSSR count). The number of carbonyl (C=O) groups is 4. The third-order valence-corrected chi connectivity index (χ3v) is 10.7. The average molecular weight is 655 g/mol. The number of fused-ring (bicyclic) bond motifs is 1. The highest BCUT2D eigenvalue weighted by Crippen LogP contribution is 2.46. The molecule has 2 fully saturated rings. The summed E-state index contributed by atoms with van der Waals surface area (Å²) in [6.45, 7) is 0.586. The number of benzene rings is 3. The van der Waals surface area contributed by atoms with Crippen LogP contribution in [0, 0.1) is 0 Å². The molecule has 234 valence electrons. The number of carbonyl (C=O) groups excluding carboxylic acids is 4. The topological polar surface area (TPSA) is 192 Å². The Morgan fingerprint density at radius 3 is 2.24 bits per heavy atom. The Labute approximate surface area is 262 Å². The highest BCUT2D eigenvalue weighted by molar-refractivity contribution is 7.94. The van der Waals surface area contributed by atoms with Gasteiger partial charge in [0.25, 0.3) is 11.8 Å². The van der Waals surface area contributed by atoms with Crippen molar-refractivity contribution in [3.63, 3.8) is 0 Å². The molecular weight excluding hydrogens is 628 g/mol. The Bertz CT molecular complexity index is 1770. The second-order valence-corrected chi connectivity index (χ2v) is 13.4. The maximum Gasteiger partial charge on any atom is 0.331 e. The van der Waals surface area contributed by atoms with Crippen molar-refractivity contribution in [3.8, 4) is 11.5 Å². The molecule has 4 N–H and O–H groups in total. The predicted molar refractivity (Wildman–Crippen MR) is 161 cm³/mol. The standard InChI is InChI=1S/C30H27ClN4O9S/c1-30(16-33-34-21(37)15-32-28(40)19-12-13-20(36)25(39)24(19)31)27(35-22(38)14-23(35)45(30,42)43)29(41)44-26(17-8-4-2-5-9-17)18-10-6-3-7-11-18/h2-13,16,23,26-27,36,39H,14-15H2,1H3,(H,32,40)(H,34,37)/b33-16+/t23-,27+,30+/m1/s1. The van der Waals surface area contributed by atoms with Crippen molar-refractivity contribution in [1.82, 2.24) is 15.6 Å². The van der Waals surface area contributed by atoms with Crippen molar-refractivity contribution in [2.24, 2.45) is 5.10 Å². The van der Waals surface area contributed by atoms with E-state index < -0.39 is 78.9 Å². The molecule has 3 aromatic rings. The van der Waals surface area contributed by atoms with Crippen molar-refractivity contribution >= 4 is 51.3 Å². The molecule has 3 aromatic carbocycles. The van der Waals surface area contributed by atoms with Crippen LogP contribution in [-0.4, -0.2) is 76.1 Å². The van der Waals surface area contributed by atoms with Crippen LogP contribution in [0.4, 0.5) is 0 Å². The summed E-state index contributed by atoms with van der Waals surface area (Å²) in [5.74, 6) is -4.50. The van der Waals surface area contributed by atoms with Crippen molar-refractivity contribution < 1.29 is 42.5 Å². The number of hydrogen-bond donors (Lipinski definition) is 4. The first kappa shape index (κ1) is 31.5. The third-order valence-electron chi connectivity index (χ3n) is 7.66. The van der Waals surface area contributed by atoms with Crippen LogP contribution in [0.5, 0.6) is 11.5 Å². The molecule has 2 aliphatic heterocycles. The summed E-state index contributed by atoms with van der Waals surface area (Å²) in [5.41, 5.74) is 3.13. The molecule has 2 saturated heterocycles. The molecule has 3 amide bonds. The molecule has 0 radical (unpaired) electrons. The van der Waals surface area contributed by atoms with Gasteiger partial charge < -0.3 is 25.2 Å². The first-order valence-corrected chi connectivity index (χ1v) is 15.5. The van der Waals surface area contributed by atoms with Crippen LogP contribution in [0.1, 0.15) is 40.9 Å². The number of halogens is 1. The Morgan fingerprint density at radius 1 is 1.07 bits per heavy atom. The number of esters is 1. The van der Waals surface area contributed by atoms with E-state index in [-0.39, 0.29) is 12.0 Å². The Morgan fingerprint density at radius 2 is 1.67 bits per heavy atom. The van der Waals surface area contributed by atoms with Gasteiger partial charge in [-0.05, 0) is 30.2 Å². The van der Waals surface area contributed by atoms with E-state index in [1.54, 1.807) is 60.7 Å². The third kappa shape index (κ3) is 5.69. The molecule has 0 aliphatic carbocycles. The highest BCUT2D eigenvalue weighted by atomic mass is 35.5. The van der Waals surface area contributed by atoms with Gasteiger partial charge in [-0.1, -0.05) is 72.3 Å². The molecule has 0 spiro atoms. The van der Waals surface area contributed by atoms with Gasteiger partial charge in [0.15, 0.2) is 33.5 Å². The Hall–Kier alpha value is -4.95. The van der Waals surface area contributed by atoms with Crippen molar-refractivity contribution in [2.45, 2.75) is 35.6 Å². The van der Waals surface area contributed by atoms with E-state index in [0.717, 1.165) is 23.2 Å². The fourth-order valence-corrected chi connectivity index (χ4v) is 7.66. The number of sulfone groups is 1. The number of hydrazone groups is 1. The number of amides is 3. The molecule has 0 bridgehead atoms. The van der Waals surface area contributed by atoms with Crippen molar-refractivity contribution in [1.29, 1.82) is 0 Å². The van der Waals surface area contributed by atoms with Crippen LogP contribution < -0.4 is 10.7 Å². The predicted octanol–water partition coefficient (Wildman–Crippen LogP) is 2.03. The maximum atomic E-state index is 13.8. The van der Waals surface area contributed by atoms with E-state index in [1.165, 1.54) is 6.92 Å². The minimum atomic E-state index is -4.22. The zero-order chi connectivity index (χ0) is 32.5. The maximum absolute atomic E-state index is 13.8. The lowest BCUT2D eigenvalue weighted by atomic mass is 9.96. The number of ether oxygens (including phenoxy) is 1. The van der Waals surface area contributed by atoms with E-state index in [1.807, 2.05) is 0 Å². The summed E-state index contributed by atoms with van der Waals surface area (Å²) in [6.07, 6.45) is -0.356. The van der Waals surface area contributed by atoms with Gasteiger partial charge in [0.2, 0.25) is 5.91 Å². The van der Waals surface area contributed by atoms with E-state index in [9.17, 15) is 37.8 Å². The smallest absolute Gasteiger partial charge is 0.331 e. The number of β-lactam (4-membered cyclic amide) rings is 1. The molecule has 2 heterocycles. The number of rotatable bonds is 9. The fourth-order valence-electron chi connectivity index (χ4n) is 5.21. The second-order valence-electron chi connectivity index (χ2n) is 10.5. The zero-order valence-corrected chi connectivity index (χ0v) is 25.2. The first-order chi connectivity index (χ1) is 21.4. The van der Waals surface area contributed by atoms with E-state index in [2.05, 4.69) is 15.8 Å². The number of nitrogens with one attached hydrogen (secondary N) is 2. The number of phenols is 2. The van der Waals surface area contributed by atoms with Gasteiger partial charge in [-0.25, -0.2) is 18.6 Å². The molecule has 13 nitrogen and oxygen atoms in total. The minimum Gasteiger partial charge on any atom is -0.504 e. The normalized spacial score (nSPS) is 21.7. The molecule has 0 saturated carbocycles. The fraction of sp³-hybridized carbons (Fsp3) is 0.233. The molecule has 15 heteroatoms. The van der Waals surface area contributed by atoms with Gasteiger partial charge in [-0.3, -0.25) is 14.4 Å². The minimum absolute atomic E-state index is 0.215. The van der Waals surface area contributed by atoms with Gasteiger partial charge in [-0.2, -0.15) is 5.10 Å². The lowest BCUT2D eigenvalue weighted by Crippen LogP contribution is -2.58. The Kier molecular flexibility index (Phi) is 8.54. The summed E-state index contributed by atoms with van der Waals surface area (Å²) in [6, 6.07) is 18.2. The van der Waals surface area contributed by atoms with E-state index >= 15 is 0 Å². The van der Waals surface area contributed by atoms with Crippen molar-refractivity contribution in [2.75, 3.05) is 6.54 Å².